The summed E-state index contributed by atoms with van der Waals surface area (Å²) in [4.78, 5) is 35.3. The van der Waals surface area contributed by atoms with E-state index < -0.39 is 4.92 Å². The van der Waals surface area contributed by atoms with E-state index in [9.17, 15) is 10.1 Å². The number of imidazole rings is 2. The summed E-state index contributed by atoms with van der Waals surface area (Å²) in [6.07, 6.45) is 0. The summed E-state index contributed by atoms with van der Waals surface area (Å²) in [6.45, 7) is 0. The first-order valence-corrected chi connectivity index (χ1v) is 10.0. The molecule has 160 valence electrons. The number of nitrogens with one attached hydrogen (secondary N) is 4. The van der Waals surface area contributed by atoms with Gasteiger partial charge in [-0.1, -0.05) is 24.3 Å². The molecule has 0 fully saturated rings. The smallest absolute Gasteiger partial charge is 0.270 e. The third-order valence-corrected chi connectivity index (χ3v) is 5.14. The van der Waals surface area contributed by atoms with Gasteiger partial charge in [0.25, 0.3) is 5.69 Å². The Kier molecular flexibility index (Phi) is 4.12. The van der Waals surface area contributed by atoms with E-state index in [-0.39, 0.29) is 11.6 Å². The predicted octanol–water partition coefficient (Wildman–Crippen LogP) is 4.78. The molecule has 0 aliphatic heterocycles. The third-order valence-electron chi connectivity index (χ3n) is 5.14. The quantitative estimate of drug-likeness (QED) is 0.222. The maximum atomic E-state index is 11.3. The molecule has 0 atom stereocenters. The zero-order chi connectivity index (χ0) is 22.4. The molecule has 0 saturated heterocycles. The van der Waals surface area contributed by atoms with Crippen molar-refractivity contribution in [3.8, 4) is 0 Å². The fourth-order valence-electron chi connectivity index (χ4n) is 3.62. The standard InChI is InChI=1S/C22H15N9O2/c32-31(33)12-9-10-14-13(11-12)19(28-20-24-15-5-1-2-6-16(15)25-20)29-22(23-14)30-21-26-17-7-3-4-8-18(17)27-21/h1-11H,(H4,23,24,25,26,27,28,29,30). The molecule has 0 aliphatic rings. The first-order chi connectivity index (χ1) is 16.1. The van der Waals surface area contributed by atoms with E-state index in [4.69, 9.17) is 0 Å². The number of non-ortho nitro benzene ring substituents is 1. The van der Waals surface area contributed by atoms with Crippen LogP contribution in [0.15, 0.2) is 66.7 Å². The number of nitrogens with zero attached hydrogens (tertiary/aromatic N) is 5. The molecule has 0 saturated carbocycles. The van der Waals surface area contributed by atoms with E-state index >= 15 is 0 Å². The van der Waals surface area contributed by atoms with Crippen LogP contribution >= 0.6 is 0 Å². The van der Waals surface area contributed by atoms with Crippen LogP contribution in [0.3, 0.4) is 0 Å². The number of anilines is 4. The Morgan fingerprint density at radius 2 is 1.36 bits per heavy atom. The average Bonchev–Trinajstić information content (AvgIpc) is 3.41. The zero-order valence-corrected chi connectivity index (χ0v) is 16.9. The molecule has 0 aliphatic carbocycles. The molecule has 3 aromatic heterocycles. The van der Waals surface area contributed by atoms with E-state index in [0.29, 0.717) is 28.6 Å². The number of rotatable bonds is 5. The minimum absolute atomic E-state index is 0.0586. The molecule has 6 rings (SSSR count). The molecule has 0 spiro atoms. The highest BCUT2D eigenvalue weighted by Crippen LogP contribution is 2.29. The van der Waals surface area contributed by atoms with Crippen LogP contribution in [0.1, 0.15) is 0 Å². The van der Waals surface area contributed by atoms with E-state index in [1.54, 1.807) is 6.07 Å². The topological polar surface area (TPSA) is 150 Å². The lowest BCUT2D eigenvalue weighted by Crippen LogP contribution is -2.04. The maximum absolute atomic E-state index is 11.3. The molecule has 0 unspecified atom stereocenters. The van der Waals surface area contributed by atoms with Gasteiger partial charge in [-0.05, 0) is 30.3 Å². The van der Waals surface area contributed by atoms with Crippen molar-refractivity contribution in [3.05, 3.63) is 76.8 Å². The lowest BCUT2D eigenvalue weighted by Gasteiger charge is -2.09. The van der Waals surface area contributed by atoms with Crippen molar-refractivity contribution in [2.75, 3.05) is 10.6 Å². The first-order valence-electron chi connectivity index (χ1n) is 10.0. The normalized spacial score (nSPS) is 11.3. The van der Waals surface area contributed by atoms with Crippen LogP contribution in [0.5, 0.6) is 0 Å². The minimum Gasteiger partial charge on any atom is -0.324 e. The maximum Gasteiger partial charge on any atom is 0.270 e. The largest absolute Gasteiger partial charge is 0.324 e. The van der Waals surface area contributed by atoms with E-state index in [1.165, 1.54) is 12.1 Å². The summed E-state index contributed by atoms with van der Waals surface area (Å²) in [6, 6.07) is 19.7. The number of fused-ring (bicyclic) bond motifs is 3. The minimum atomic E-state index is -0.453. The molecule has 0 bridgehead atoms. The Morgan fingerprint density at radius 1 is 0.727 bits per heavy atom. The Balaban J connectivity index is 1.45. The van der Waals surface area contributed by atoms with Crippen LogP contribution in [0.4, 0.5) is 29.4 Å². The van der Waals surface area contributed by atoms with Crippen LogP contribution in [0, 0.1) is 10.1 Å². The second-order valence-corrected chi connectivity index (χ2v) is 7.31. The zero-order valence-electron chi connectivity index (χ0n) is 16.9. The van der Waals surface area contributed by atoms with Gasteiger partial charge < -0.3 is 15.3 Å². The van der Waals surface area contributed by atoms with Crippen molar-refractivity contribution in [3.63, 3.8) is 0 Å². The van der Waals surface area contributed by atoms with Crippen molar-refractivity contribution < 1.29 is 4.92 Å². The van der Waals surface area contributed by atoms with Crippen LogP contribution in [-0.4, -0.2) is 34.8 Å². The molecule has 33 heavy (non-hydrogen) atoms. The van der Waals surface area contributed by atoms with Gasteiger partial charge in [0.1, 0.15) is 5.82 Å². The number of H-pyrrole nitrogens is 2. The van der Waals surface area contributed by atoms with Gasteiger partial charge in [0.15, 0.2) is 0 Å². The van der Waals surface area contributed by atoms with Crippen molar-refractivity contribution in [1.29, 1.82) is 0 Å². The fourth-order valence-corrected chi connectivity index (χ4v) is 3.62. The van der Waals surface area contributed by atoms with Crippen molar-refractivity contribution >= 4 is 62.3 Å². The number of nitro benzene ring substituents is 1. The number of aromatic amines is 2. The number of hydrogen-bond acceptors (Lipinski definition) is 8. The van der Waals surface area contributed by atoms with Gasteiger partial charge in [0.05, 0.1) is 37.9 Å². The van der Waals surface area contributed by atoms with Crippen LogP contribution < -0.4 is 10.6 Å². The lowest BCUT2D eigenvalue weighted by atomic mass is 10.2. The lowest BCUT2D eigenvalue weighted by molar-refractivity contribution is -0.384. The SMILES string of the molecule is O=[N+]([O-])c1ccc2nc(Nc3nc4ccccc4[nH]3)nc(Nc3nc4ccccc4[nH]3)c2c1. The molecule has 3 heterocycles. The van der Waals surface area contributed by atoms with Crippen LogP contribution in [0.25, 0.3) is 33.0 Å². The Hall–Kier alpha value is -5.06. The van der Waals surface area contributed by atoms with Gasteiger partial charge in [0, 0.05) is 12.1 Å². The fraction of sp³-hybridized carbons (Fsp3) is 0. The Bertz CT molecular complexity index is 1610. The predicted molar refractivity (Wildman–Crippen MR) is 125 cm³/mol. The van der Waals surface area contributed by atoms with Gasteiger partial charge in [-0.25, -0.2) is 15.0 Å². The summed E-state index contributed by atoms with van der Waals surface area (Å²) in [5, 5.41) is 18.0. The van der Waals surface area contributed by atoms with Gasteiger partial charge in [-0.2, -0.15) is 4.98 Å². The number of aromatic nitrogens is 6. The van der Waals surface area contributed by atoms with Gasteiger partial charge in [-0.15, -0.1) is 0 Å². The molecular formula is C22H15N9O2. The second kappa shape index (κ2) is 7.27. The summed E-state index contributed by atoms with van der Waals surface area (Å²) < 4.78 is 0. The average molecular weight is 437 g/mol. The highest BCUT2D eigenvalue weighted by Gasteiger charge is 2.15. The molecule has 0 amide bonds. The van der Waals surface area contributed by atoms with Crippen LogP contribution in [-0.2, 0) is 0 Å². The van der Waals surface area contributed by atoms with Crippen molar-refractivity contribution in [2.24, 2.45) is 0 Å². The molecule has 6 aromatic rings. The summed E-state index contributed by atoms with van der Waals surface area (Å²) >= 11 is 0. The molecular weight excluding hydrogens is 422 g/mol. The number of hydrogen-bond donors (Lipinski definition) is 4. The third kappa shape index (κ3) is 3.43. The Morgan fingerprint density at radius 3 is 2.00 bits per heavy atom. The number of para-hydroxylation sites is 4. The first kappa shape index (κ1) is 18.7. The monoisotopic (exact) mass is 437 g/mol. The molecule has 11 nitrogen and oxygen atoms in total. The molecule has 3 aromatic carbocycles. The number of benzene rings is 3. The van der Waals surface area contributed by atoms with E-state index in [1.807, 2.05) is 48.5 Å². The highest BCUT2D eigenvalue weighted by atomic mass is 16.6. The molecule has 11 heteroatoms. The van der Waals surface area contributed by atoms with Crippen molar-refractivity contribution in [1.82, 2.24) is 29.9 Å². The summed E-state index contributed by atoms with van der Waals surface area (Å²) in [7, 11) is 0. The van der Waals surface area contributed by atoms with Crippen LogP contribution in [0.2, 0.25) is 0 Å². The summed E-state index contributed by atoms with van der Waals surface area (Å²) in [5.74, 6) is 1.57. The second-order valence-electron chi connectivity index (χ2n) is 7.31. The van der Waals surface area contributed by atoms with Gasteiger partial charge in [-0.3, -0.25) is 15.4 Å². The van der Waals surface area contributed by atoms with E-state index in [2.05, 4.69) is 40.5 Å². The van der Waals surface area contributed by atoms with Crippen molar-refractivity contribution in [2.45, 2.75) is 0 Å². The molecule has 4 N–H and O–H groups in total. The molecule has 0 radical (unpaired) electrons. The Labute approximate surface area is 185 Å². The number of nitro groups is 1. The van der Waals surface area contributed by atoms with Gasteiger partial charge >= 0.3 is 0 Å². The van der Waals surface area contributed by atoms with E-state index in [0.717, 1.165) is 22.1 Å². The van der Waals surface area contributed by atoms with Gasteiger partial charge in [0.2, 0.25) is 17.8 Å². The highest BCUT2D eigenvalue weighted by molar-refractivity contribution is 5.93. The summed E-state index contributed by atoms with van der Waals surface area (Å²) in [5.41, 5.74) is 3.77.